The van der Waals surface area contributed by atoms with Gasteiger partial charge in [-0.2, -0.15) is 0 Å². The van der Waals surface area contributed by atoms with Crippen molar-refractivity contribution in [3.8, 4) is 21.6 Å². The van der Waals surface area contributed by atoms with E-state index in [2.05, 4.69) is 24.3 Å². The van der Waals surface area contributed by atoms with Crippen molar-refractivity contribution in [2.75, 3.05) is 0 Å². The van der Waals surface area contributed by atoms with E-state index in [1.807, 2.05) is 59.3 Å². The minimum Gasteiger partial charge on any atom is -0.445 e. The van der Waals surface area contributed by atoms with Gasteiger partial charge in [-0.25, -0.2) is 0 Å². The van der Waals surface area contributed by atoms with Gasteiger partial charge >= 0.3 is 0 Å². The summed E-state index contributed by atoms with van der Waals surface area (Å²) >= 11 is 3.18. The first kappa shape index (κ1) is 15.4. The topological polar surface area (TPSA) is 18.5 Å². The molecule has 0 amide bonds. The van der Waals surface area contributed by atoms with Gasteiger partial charge in [0.15, 0.2) is 10.1 Å². The zero-order chi connectivity index (χ0) is 17.3. The summed E-state index contributed by atoms with van der Waals surface area (Å²) in [6.45, 7) is 0. The van der Waals surface area contributed by atoms with Crippen LogP contribution in [0.3, 0.4) is 0 Å². The van der Waals surface area contributed by atoms with Crippen LogP contribution in [0.4, 0.5) is 0 Å². The molecule has 5 aromatic rings. The molecule has 0 fully saturated rings. The molecule has 0 N–H and O–H groups in total. The van der Waals surface area contributed by atoms with Gasteiger partial charge in [0.2, 0.25) is 0 Å². The van der Waals surface area contributed by atoms with Gasteiger partial charge in [-0.15, -0.1) is 22.7 Å². The summed E-state index contributed by atoms with van der Waals surface area (Å²) in [5, 5.41) is 10.00. The molecule has 2 nitrogen and oxygen atoms in total. The molecule has 5 rings (SSSR count). The van der Waals surface area contributed by atoms with Gasteiger partial charge in [0, 0.05) is 21.5 Å². The van der Waals surface area contributed by atoms with Gasteiger partial charge < -0.3 is 9.47 Å². The van der Waals surface area contributed by atoms with Gasteiger partial charge in [-0.1, -0.05) is 48.5 Å². The smallest absolute Gasteiger partial charge is 0.180 e. The lowest BCUT2D eigenvalue weighted by atomic mass is 10.0. The first-order valence-corrected chi connectivity index (χ1v) is 10.0. The molecule has 2 heterocycles. The van der Waals surface area contributed by atoms with Crippen molar-refractivity contribution >= 4 is 44.2 Å². The van der Waals surface area contributed by atoms with E-state index in [9.17, 15) is 0 Å². The van der Waals surface area contributed by atoms with E-state index in [1.165, 1.54) is 0 Å². The molecule has 0 aliphatic rings. The monoisotopic (exact) mass is 374 g/mol. The van der Waals surface area contributed by atoms with E-state index in [4.69, 9.17) is 9.47 Å². The van der Waals surface area contributed by atoms with Gasteiger partial charge in [0.1, 0.15) is 11.5 Å². The van der Waals surface area contributed by atoms with Crippen molar-refractivity contribution in [2.45, 2.75) is 0 Å². The molecule has 2 aromatic heterocycles. The van der Waals surface area contributed by atoms with Crippen LogP contribution in [0, 0.1) is 0 Å². The fraction of sp³-hybridized carbons (Fsp3) is 0. The average molecular weight is 374 g/mol. The highest BCUT2D eigenvalue weighted by Gasteiger charge is 2.17. The van der Waals surface area contributed by atoms with E-state index in [0.717, 1.165) is 43.2 Å². The van der Waals surface area contributed by atoms with E-state index < -0.39 is 0 Å². The molecule has 126 valence electrons. The van der Waals surface area contributed by atoms with Gasteiger partial charge in [-0.05, 0) is 35.0 Å². The Hall–Kier alpha value is -2.82. The minimum atomic E-state index is 0.872. The zero-order valence-electron chi connectivity index (χ0n) is 13.7. The third-order valence-electron chi connectivity index (χ3n) is 4.23. The predicted octanol–water partition coefficient (Wildman–Crippen LogP) is 7.70. The fourth-order valence-electron chi connectivity index (χ4n) is 3.11. The summed E-state index contributed by atoms with van der Waals surface area (Å²) in [7, 11) is 0. The minimum absolute atomic E-state index is 0.872. The Morgan fingerprint density at radius 2 is 0.846 bits per heavy atom. The number of benzene rings is 3. The summed E-state index contributed by atoms with van der Waals surface area (Å²) in [5.74, 6) is 1.74. The summed E-state index contributed by atoms with van der Waals surface area (Å²) in [4.78, 5) is 0. The van der Waals surface area contributed by atoms with Crippen molar-refractivity contribution in [2.24, 2.45) is 0 Å². The van der Waals surface area contributed by atoms with E-state index >= 15 is 0 Å². The quantitative estimate of drug-likeness (QED) is 0.300. The number of hydrogen-bond donors (Lipinski definition) is 0. The van der Waals surface area contributed by atoms with Crippen molar-refractivity contribution in [1.82, 2.24) is 0 Å². The summed E-state index contributed by atoms with van der Waals surface area (Å²) in [6, 6.07) is 24.5. The number of fused-ring (bicyclic) bond motifs is 2. The van der Waals surface area contributed by atoms with E-state index in [0.29, 0.717) is 0 Å². The average Bonchev–Trinajstić information content (AvgIpc) is 3.38. The maximum atomic E-state index is 6.30. The second-order valence-electron chi connectivity index (χ2n) is 5.82. The summed E-state index contributed by atoms with van der Waals surface area (Å²) < 4.78 is 12.6. The van der Waals surface area contributed by atoms with Gasteiger partial charge in [0.05, 0.1) is 0 Å². The molecule has 0 unspecified atom stereocenters. The highest BCUT2D eigenvalue weighted by molar-refractivity contribution is 7.12. The molecule has 0 aliphatic heterocycles. The second-order valence-corrected chi connectivity index (χ2v) is 7.64. The van der Waals surface area contributed by atoms with E-state index in [1.54, 1.807) is 22.7 Å². The predicted molar refractivity (Wildman–Crippen MR) is 110 cm³/mol. The van der Waals surface area contributed by atoms with Crippen molar-refractivity contribution in [1.29, 1.82) is 0 Å². The summed E-state index contributed by atoms with van der Waals surface area (Å²) in [5.41, 5.74) is 0. The van der Waals surface area contributed by atoms with Crippen molar-refractivity contribution < 1.29 is 9.47 Å². The van der Waals surface area contributed by atoms with Crippen LogP contribution >= 0.6 is 22.7 Å². The lowest BCUT2D eigenvalue weighted by molar-refractivity contribution is 0.500. The zero-order valence-corrected chi connectivity index (χ0v) is 15.3. The van der Waals surface area contributed by atoms with Gasteiger partial charge in [0.25, 0.3) is 0 Å². The lowest BCUT2D eigenvalue weighted by Crippen LogP contribution is -1.91. The fourth-order valence-corrected chi connectivity index (χ4v) is 4.27. The Bertz CT molecular complexity index is 1020. The Balaban J connectivity index is 1.82. The van der Waals surface area contributed by atoms with Crippen LogP contribution in [0.25, 0.3) is 21.5 Å². The second kappa shape index (κ2) is 6.48. The third kappa shape index (κ3) is 2.64. The molecule has 3 aromatic carbocycles. The van der Waals surface area contributed by atoms with Crippen LogP contribution in [-0.2, 0) is 0 Å². The normalized spacial score (nSPS) is 11.1. The molecule has 26 heavy (non-hydrogen) atoms. The molecule has 0 saturated carbocycles. The van der Waals surface area contributed by atoms with Crippen molar-refractivity contribution in [3.05, 3.63) is 83.6 Å². The molecule has 0 atom stereocenters. The Morgan fingerprint density at radius 1 is 0.462 bits per heavy atom. The Kier molecular flexibility index (Phi) is 3.85. The molecule has 0 spiro atoms. The number of hydrogen-bond acceptors (Lipinski definition) is 4. The van der Waals surface area contributed by atoms with Crippen LogP contribution in [-0.4, -0.2) is 0 Å². The maximum absolute atomic E-state index is 6.30. The number of thiophene rings is 2. The Labute approximate surface area is 158 Å². The molecule has 0 aliphatic carbocycles. The summed E-state index contributed by atoms with van der Waals surface area (Å²) in [6.07, 6.45) is 0. The van der Waals surface area contributed by atoms with Crippen LogP contribution in [0.15, 0.2) is 83.6 Å². The van der Waals surface area contributed by atoms with E-state index in [-0.39, 0.29) is 0 Å². The molecule has 0 radical (unpaired) electrons. The molecular weight excluding hydrogens is 360 g/mol. The largest absolute Gasteiger partial charge is 0.445 e. The SMILES string of the molecule is c1csc(Oc2c3ccccc3c(Oc3cccs3)c3ccccc23)c1. The van der Waals surface area contributed by atoms with Crippen LogP contribution < -0.4 is 9.47 Å². The Morgan fingerprint density at radius 3 is 1.15 bits per heavy atom. The van der Waals surface area contributed by atoms with Crippen LogP contribution in [0.2, 0.25) is 0 Å². The first-order valence-electron chi connectivity index (χ1n) is 8.26. The molecule has 0 saturated heterocycles. The number of ether oxygens (including phenoxy) is 2. The van der Waals surface area contributed by atoms with Crippen LogP contribution in [0.5, 0.6) is 21.6 Å². The maximum Gasteiger partial charge on any atom is 0.180 e. The lowest BCUT2D eigenvalue weighted by Gasteiger charge is -2.16. The van der Waals surface area contributed by atoms with Crippen molar-refractivity contribution in [3.63, 3.8) is 0 Å². The van der Waals surface area contributed by atoms with Gasteiger partial charge in [-0.3, -0.25) is 0 Å². The first-order chi connectivity index (χ1) is 12.9. The standard InChI is InChI=1S/C22H14O2S2/c1-2-8-16-15(7-1)21(23-19-11-5-13-25-19)17-9-3-4-10-18(17)22(16)24-20-12-6-14-26-20/h1-14H. The number of rotatable bonds is 4. The van der Waals surface area contributed by atoms with Crippen LogP contribution in [0.1, 0.15) is 0 Å². The molecular formula is C22H14O2S2. The third-order valence-corrected chi connectivity index (χ3v) is 5.72. The highest BCUT2D eigenvalue weighted by Crippen LogP contribution is 2.46. The molecule has 0 bridgehead atoms. The molecule has 4 heteroatoms. The highest BCUT2D eigenvalue weighted by atomic mass is 32.1.